The maximum Gasteiger partial charge on any atom is 0.280 e. The number of amides is 1. The molecule has 3 rings (SSSR count). The summed E-state index contributed by atoms with van der Waals surface area (Å²) in [6.45, 7) is 1.59. The van der Waals surface area contributed by atoms with E-state index in [0.29, 0.717) is 17.7 Å². The standard InChI is InChI=1S/C23H24FN3O3/c1-16-13-27(15-25-16)21-9-8-18(12-22(21)30-2)11-20(24)23(29)26-19(14-28)10-17-6-4-3-5-7-17/h3-9,11-13,15,19,28H,10,14H2,1-2H3,(H,26,29)/t19-/m1/s1. The molecule has 30 heavy (non-hydrogen) atoms. The highest BCUT2D eigenvalue weighted by atomic mass is 19.1. The lowest BCUT2D eigenvalue weighted by atomic mass is 10.1. The number of halogens is 1. The number of nitrogens with one attached hydrogen (secondary N) is 1. The summed E-state index contributed by atoms with van der Waals surface area (Å²) in [6.07, 6.45) is 5.06. The fourth-order valence-corrected chi connectivity index (χ4v) is 3.08. The van der Waals surface area contributed by atoms with Crippen LogP contribution < -0.4 is 10.1 Å². The molecule has 0 spiro atoms. The number of rotatable bonds is 8. The number of hydrogen-bond acceptors (Lipinski definition) is 4. The van der Waals surface area contributed by atoms with Crippen LogP contribution >= 0.6 is 0 Å². The molecule has 3 aromatic rings. The third-order valence-electron chi connectivity index (χ3n) is 4.58. The lowest BCUT2D eigenvalue weighted by Crippen LogP contribution is -2.39. The SMILES string of the molecule is COc1cc(C=C(F)C(=O)N[C@@H](CO)Cc2ccccc2)ccc1-n1cnc(C)c1. The van der Waals surface area contributed by atoms with Gasteiger partial charge in [-0.05, 0) is 42.7 Å². The number of nitrogens with zero attached hydrogens (tertiary/aromatic N) is 2. The van der Waals surface area contributed by atoms with Crippen LogP contribution in [-0.2, 0) is 11.2 Å². The third-order valence-corrected chi connectivity index (χ3v) is 4.58. The Hall–Kier alpha value is -3.45. The summed E-state index contributed by atoms with van der Waals surface area (Å²) in [5.74, 6) is -1.31. The highest BCUT2D eigenvalue weighted by Crippen LogP contribution is 2.25. The first-order chi connectivity index (χ1) is 14.5. The lowest BCUT2D eigenvalue weighted by molar-refractivity contribution is -0.119. The Balaban J connectivity index is 1.72. The van der Waals surface area contributed by atoms with Crippen molar-refractivity contribution in [2.24, 2.45) is 0 Å². The molecule has 0 saturated carbocycles. The Kier molecular flexibility index (Phi) is 6.98. The molecule has 0 radical (unpaired) electrons. The second-order valence-electron chi connectivity index (χ2n) is 6.89. The highest BCUT2D eigenvalue weighted by Gasteiger charge is 2.16. The summed E-state index contributed by atoms with van der Waals surface area (Å²) in [5, 5.41) is 12.1. The van der Waals surface area contributed by atoms with E-state index in [1.807, 2.05) is 43.5 Å². The molecular weight excluding hydrogens is 385 g/mol. The molecule has 0 saturated heterocycles. The van der Waals surface area contributed by atoms with E-state index in [-0.39, 0.29) is 6.61 Å². The molecular formula is C23H24FN3O3. The average Bonchev–Trinajstić information content (AvgIpc) is 3.19. The summed E-state index contributed by atoms with van der Waals surface area (Å²) in [4.78, 5) is 16.4. The van der Waals surface area contributed by atoms with Gasteiger partial charge in [-0.1, -0.05) is 36.4 Å². The van der Waals surface area contributed by atoms with Crippen LogP contribution in [0.3, 0.4) is 0 Å². The first-order valence-corrected chi connectivity index (χ1v) is 9.52. The van der Waals surface area contributed by atoms with Crippen molar-refractivity contribution in [3.8, 4) is 11.4 Å². The summed E-state index contributed by atoms with van der Waals surface area (Å²) in [5.41, 5.74) is 3.03. The second kappa shape index (κ2) is 9.84. The Labute approximate surface area is 174 Å². The Morgan fingerprint density at radius 1 is 1.30 bits per heavy atom. The number of aryl methyl sites for hydroxylation is 1. The van der Waals surface area contributed by atoms with Crippen molar-refractivity contribution in [3.05, 3.63) is 83.7 Å². The zero-order chi connectivity index (χ0) is 21.5. The Morgan fingerprint density at radius 3 is 2.70 bits per heavy atom. The van der Waals surface area contributed by atoms with Gasteiger partial charge in [0.15, 0.2) is 5.83 Å². The van der Waals surface area contributed by atoms with Crippen LogP contribution in [0.4, 0.5) is 4.39 Å². The predicted octanol–water partition coefficient (Wildman–Crippen LogP) is 3.22. The van der Waals surface area contributed by atoms with Crippen molar-refractivity contribution < 1.29 is 19.0 Å². The summed E-state index contributed by atoms with van der Waals surface area (Å²) in [7, 11) is 1.52. The molecule has 1 aromatic heterocycles. The molecule has 0 aliphatic rings. The smallest absolute Gasteiger partial charge is 0.280 e. The van der Waals surface area contributed by atoms with Gasteiger partial charge in [-0.25, -0.2) is 9.37 Å². The number of ether oxygens (including phenoxy) is 1. The van der Waals surface area contributed by atoms with Crippen LogP contribution in [0.2, 0.25) is 0 Å². The molecule has 1 heterocycles. The van der Waals surface area contributed by atoms with Crippen LogP contribution in [0.1, 0.15) is 16.8 Å². The molecule has 156 valence electrons. The molecule has 1 atom stereocenters. The van der Waals surface area contributed by atoms with Gasteiger partial charge in [-0.2, -0.15) is 0 Å². The third kappa shape index (κ3) is 5.33. The number of methoxy groups -OCH3 is 1. The molecule has 7 heteroatoms. The highest BCUT2D eigenvalue weighted by molar-refractivity contribution is 5.95. The summed E-state index contributed by atoms with van der Waals surface area (Å²) >= 11 is 0. The number of aliphatic hydroxyl groups excluding tert-OH is 1. The summed E-state index contributed by atoms with van der Waals surface area (Å²) < 4.78 is 21.7. The number of carbonyl (C=O) groups excluding carboxylic acids is 1. The van der Waals surface area contributed by atoms with Crippen molar-refractivity contribution in [3.63, 3.8) is 0 Å². The minimum absolute atomic E-state index is 0.291. The first kappa shape index (κ1) is 21.3. The Bertz CT molecular complexity index is 1030. The van der Waals surface area contributed by atoms with Crippen LogP contribution in [0.15, 0.2) is 66.9 Å². The zero-order valence-corrected chi connectivity index (χ0v) is 16.9. The van der Waals surface area contributed by atoms with Gasteiger partial charge < -0.3 is 19.7 Å². The van der Waals surface area contributed by atoms with Crippen molar-refractivity contribution in [1.82, 2.24) is 14.9 Å². The first-order valence-electron chi connectivity index (χ1n) is 9.52. The van der Waals surface area contributed by atoms with Gasteiger partial charge in [0.25, 0.3) is 5.91 Å². The van der Waals surface area contributed by atoms with E-state index in [2.05, 4.69) is 10.3 Å². The van der Waals surface area contributed by atoms with E-state index in [0.717, 1.165) is 23.0 Å². The summed E-state index contributed by atoms with van der Waals surface area (Å²) in [6, 6.07) is 13.9. The van der Waals surface area contributed by atoms with Gasteiger partial charge in [0.1, 0.15) is 5.75 Å². The fourth-order valence-electron chi connectivity index (χ4n) is 3.08. The topological polar surface area (TPSA) is 76.4 Å². The van der Waals surface area contributed by atoms with Crippen LogP contribution in [0, 0.1) is 6.92 Å². The van der Waals surface area contributed by atoms with E-state index in [1.54, 1.807) is 29.1 Å². The van der Waals surface area contributed by atoms with E-state index >= 15 is 0 Å². The molecule has 1 amide bonds. The van der Waals surface area contributed by atoms with Gasteiger partial charge in [-0.15, -0.1) is 0 Å². The molecule has 0 aliphatic carbocycles. The molecule has 2 N–H and O–H groups in total. The maximum atomic E-state index is 14.5. The number of carbonyl (C=O) groups is 1. The number of hydrogen-bond donors (Lipinski definition) is 2. The van der Waals surface area contributed by atoms with Crippen molar-refractivity contribution in [2.75, 3.05) is 13.7 Å². The normalized spacial score (nSPS) is 12.5. The average molecular weight is 409 g/mol. The minimum Gasteiger partial charge on any atom is -0.495 e. The van der Waals surface area contributed by atoms with Crippen molar-refractivity contribution in [1.29, 1.82) is 0 Å². The number of imidazole rings is 1. The molecule has 2 aromatic carbocycles. The number of aromatic nitrogens is 2. The fraction of sp³-hybridized carbons (Fsp3) is 0.217. The Morgan fingerprint density at radius 2 is 2.07 bits per heavy atom. The number of benzene rings is 2. The minimum atomic E-state index is -0.949. The molecule has 0 bridgehead atoms. The van der Waals surface area contributed by atoms with E-state index < -0.39 is 17.8 Å². The zero-order valence-electron chi connectivity index (χ0n) is 16.9. The number of aliphatic hydroxyl groups is 1. The second-order valence-corrected chi connectivity index (χ2v) is 6.89. The molecule has 0 unspecified atom stereocenters. The van der Waals surface area contributed by atoms with Gasteiger partial charge in [0.2, 0.25) is 0 Å². The van der Waals surface area contributed by atoms with Gasteiger partial charge >= 0.3 is 0 Å². The van der Waals surface area contributed by atoms with E-state index in [4.69, 9.17) is 4.74 Å². The van der Waals surface area contributed by atoms with Crippen LogP contribution in [0.5, 0.6) is 5.75 Å². The lowest BCUT2D eigenvalue weighted by Gasteiger charge is -2.16. The van der Waals surface area contributed by atoms with Crippen LogP contribution in [0.25, 0.3) is 11.8 Å². The van der Waals surface area contributed by atoms with Crippen molar-refractivity contribution in [2.45, 2.75) is 19.4 Å². The van der Waals surface area contributed by atoms with Crippen LogP contribution in [-0.4, -0.2) is 40.3 Å². The molecule has 6 nitrogen and oxygen atoms in total. The monoisotopic (exact) mass is 409 g/mol. The van der Waals surface area contributed by atoms with Gasteiger partial charge in [-0.3, -0.25) is 4.79 Å². The van der Waals surface area contributed by atoms with E-state index in [9.17, 15) is 14.3 Å². The quantitative estimate of drug-likeness (QED) is 0.560. The molecule has 0 fully saturated rings. The molecule has 0 aliphatic heterocycles. The largest absolute Gasteiger partial charge is 0.495 e. The maximum absolute atomic E-state index is 14.5. The van der Waals surface area contributed by atoms with E-state index in [1.165, 1.54) is 7.11 Å². The van der Waals surface area contributed by atoms with Gasteiger partial charge in [0.05, 0.1) is 37.5 Å². The predicted molar refractivity (Wildman–Crippen MR) is 113 cm³/mol. The van der Waals surface area contributed by atoms with Gasteiger partial charge in [0, 0.05) is 6.20 Å². The van der Waals surface area contributed by atoms with Crippen molar-refractivity contribution >= 4 is 12.0 Å².